The van der Waals surface area contributed by atoms with Crippen molar-refractivity contribution in [1.29, 1.82) is 0 Å². The molecule has 3 atom stereocenters. The van der Waals surface area contributed by atoms with Gasteiger partial charge in [-0.05, 0) is 32.1 Å². The van der Waals surface area contributed by atoms with E-state index in [1.54, 1.807) is 0 Å². The van der Waals surface area contributed by atoms with Gasteiger partial charge in [-0.15, -0.1) is 0 Å². The van der Waals surface area contributed by atoms with E-state index in [0.717, 1.165) is 57.8 Å². The SMILES string of the molecule is CCCC/C=C\CCCCCCC(=O)NC(COP(=O)([O-])OCC[N+](C)(C)C)C(O)CCCCCCCCCCCCCCCCCCCCCCCCCCC. The summed E-state index contributed by atoms with van der Waals surface area (Å²) >= 11 is 0. The van der Waals surface area contributed by atoms with Gasteiger partial charge in [-0.25, -0.2) is 0 Å². The fourth-order valence-electron chi connectivity index (χ4n) is 7.32. The molecule has 0 aromatic carbocycles. The summed E-state index contributed by atoms with van der Waals surface area (Å²) in [5.41, 5.74) is 0. The lowest BCUT2D eigenvalue weighted by Gasteiger charge is -2.30. The second-order valence-electron chi connectivity index (χ2n) is 18.2. The number of phosphoric acid groups is 1. The fourth-order valence-corrected chi connectivity index (χ4v) is 8.04. The Hall–Kier alpha value is -0.760. The van der Waals surface area contributed by atoms with Crippen molar-refractivity contribution in [3.63, 3.8) is 0 Å². The average Bonchev–Trinajstić information content (AvgIpc) is 3.16. The molecule has 0 rings (SSSR count). The van der Waals surface area contributed by atoms with Crippen LogP contribution in [0.5, 0.6) is 0 Å². The van der Waals surface area contributed by atoms with Crippen LogP contribution in [0.4, 0.5) is 0 Å². The molecule has 0 saturated heterocycles. The first kappa shape index (κ1) is 56.2. The maximum Gasteiger partial charge on any atom is 0.268 e. The number of unbranched alkanes of at least 4 members (excludes halogenated alkanes) is 30. The van der Waals surface area contributed by atoms with E-state index in [0.29, 0.717) is 23.9 Å². The number of quaternary nitrogens is 1. The van der Waals surface area contributed by atoms with E-state index in [9.17, 15) is 19.4 Å². The number of nitrogens with zero attached hydrogens (tertiary/aromatic N) is 1. The van der Waals surface area contributed by atoms with E-state index in [1.807, 2.05) is 21.1 Å². The van der Waals surface area contributed by atoms with Crippen molar-refractivity contribution in [2.24, 2.45) is 0 Å². The van der Waals surface area contributed by atoms with Gasteiger partial charge in [0.25, 0.3) is 7.82 Å². The highest BCUT2D eigenvalue weighted by atomic mass is 31.2. The van der Waals surface area contributed by atoms with Crippen molar-refractivity contribution >= 4 is 13.7 Å². The molecule has 9 heteroatoms. The van der Waals surface area contributed by atoms with Crippen LogP contribution in [-0.4, -0.2) is 68.5 Å². The normalized spacial score (nSPS) is 14.3. The molecule has 340 valence electrons. The van der Waals surface area contributed by atoms with Crippen molar-refractivity contribution < 1.29 is 32.9 Å². The Morgan fingerprint density at radius 1 is 0.596 bits per heavy atom. The lowest BCUT2D eigenvalue weighted by Crippen LogP contribution is -2.46. The first-order valence-corrected chi connectivity index (χ1v) is 26.0. The molecule has 0 aliphatic rings. The third-order valence-corrected chi connectivity index (χ3v) is 12.2. The van der Waals surface area contributed by atoms with E-state index < -0.39 is 20.0 Å². The predicted molar refractivity (Wildman–Crippen MR) is 242 cm³/mol. The summed E-state index contributed by atoms with van der Waals surface area (Å²) in [6, 6.07) is -0.801. The Bertz CT molecular complexity index is 942. The molecule has 2 N–H and O–H groups in total. The van der Waals surface area contributed by atoms with Crippen molar-refractivity contribution in [2.45, 2.75) is 251 Å². The van der Waals surface area contributed by atoms with Crippen LogP contribution in [0, 0.1) is 0 Å². The van der Waals surface area contributed by atoms with Gasteiger partial charge in [0.15, 0.2) is 0 Å². The molecule has 3 unspecified atom stereocenters. The second kappa shape index (κ2) is 40.6. The smallest absolute Gasteiger partial charge is 0.268 e. The summed E-state index contributed by atoms with van der Waals surface area (Å²) in [7, 11) is 1.30. The first-order valence-electron chi connectivity index (χ1n) is 24.5. The molecule has 0 heterocycles. The average molecular weight is 829 g/mol. The van der Waals surface area contributed by atoms with E-state index in [-0.39, 0.29) is 19.1 Å². The Kier molecular flexibility index (Phi) is 40.1. The second-order valence-corrected chi connectivity index (χ2v) is 19.6. The number of rotatable bonds is 45. The molecule has 0 aromatic heterocycles. The fraction of sp³-hybridized carbons (Fsp3) is 0.938. The highest BCUT2D eigenvalue weighted by molar-refractivity contribution is 7.45. The number of carbonyl (C=O) groups excluding carboxylic acids is 1. The minimum atomic E-state index is -4.56. The highest BCUT2D eigenvalue weighted by Crippen LogP contribution is 2.38. The van der Waals surface area contributed by atoms with Crippen LogP contribution in [0.1, 0.15) is 239 Å². The highest BCUT2D eigenvalue weighted by Gasteiger charge is 2.24. The predicted octanol–water partition coefficient (Wildman–Crippen LogP) is 13.3. The quantitative estimate of drug-likeness (QED) is 0.0274. The van der Waals surface area contributed by atoms with Gasteiger partial charge in [0.2, 0.25) is 5.91 Å². The summed E-state index contributed by atoms with van der Waals surface area (Å²) < 4.78 is 23.3. The third-order valence-electron chi connectivity index (χ3n) is 11.3. The number of nitrogens with one attached hydrogen (secondary N) is 1. The zero-order valence-corrected chi connectivity index (χ0v) is 39.5. The van der Waals surface area contributed by atoms with Crippen LogP contribution in [0.3, 0.4) is 0 Å². The Morgan fingerprint density at radius 3 is 1.42 bits per heavy atom. The standard InChI is InChI=1S/C48H97N2O6P/c1-6-8-10-12-14-16-18-19-20-21-22-23-24-25-26-27-28-29-30-31-32-33-35-37-39-41-47(51)46(45-56-57(53,54)55-44-43-50(3,4)5)49-48(52)42-40-38-36-34-17-15-13-11-9-7-2/h13,15,46-47,51H,6-12,14,16-45H2,1-5H3,(H-,49,52,53,54)/b15-13-. The third kappa shape index (κ3) is 43.1. The van der Waals surface area contributed by atoms with Gasteiger partial charge in [0, 0.05) is 6.42 Å². The summed E-state index contributed by atoms with van der Waals surface area (Å²) in [4.78, 5) is 25.3. The molecule has 57 heavy (non-hydrogen) atoms. The van der Waals surface area contributed by atoms with E-state index in [2.05, 4.69) is 31.3 Å². The number of phosphoric ester groups is 1. The molecular formula is C48H97N2O6P. The number of likely N-dealkylation sites (N-methyl/N-ethyl adjacent to an activating group) is 1. The zero-order valence-electron chi connectivity index (χ0n) is 38.6. The Morgan fingerprint density at radius 2 is 0.982 bits per heavy atom. The van der Waals surface area contributed by atoms with Crippen LogP contribution in [-0.2, 0) is 18.4 Å². The van der Waals surface area contributed by atoms with Gasteiger partial charge >= 0.3 is 0 Å². The van der Waals surface area contributed by atoms with Crippen molar-refractivity contribution in [1.82, 2.24) is 5.32 Å². The first-order chi connectivity index (χ1) is 27.5. The molecule has 1 amide bonds. The number of carbonyl (C=O) groups is 1. The van der Waals surface area contributed by atoms with Gasteiger partial charge in [0.05, 0.1) is 39.9 Å². The number of amides is 1. The lowest BCUT2D eigenvalue weighted by atomic mass is 10.0. The Labute approximate surface area is 354 Å². The van der Waals surface area contributed by atoms with Gasteiger partial charge in [0.1, 0.15) is 13.2 Å². The van der Waals surface area contributed by atoms with Gasteiger partial charge in [-0.2, -0.15) is 0 Å². The van der Waals surface area contributed by atoms with E-state index in [4.69, 9.17) is 9.05 Å². The van der Waals surface area contributed by atoms with Crippen LogP contribution in [0.25, 0.3) is 0 Å². The van der Waals surface area contributed by atoms with Crippen LogP contribution < -0.4 is 10.2 Å². The molecule has 8 nitrogen and oxygen atoms in total. The number of hydrogen-bond acceptors (Lipinski definition) is 6. The molecule has 0 radical (unpaired) electrons. The van der Waals surface area contributed by atoms with Crippen molar-refractivity contribution in [3.05, 3.63) is 12.2 Å². The number of hydrogen-bond donors (Lipinski definition) is 2. The van der Waals surface area contributed by atoms with Crippen LogP contribution in [0.2, 0.25) is 0 Å². The van der Waals surface area contributed by atoms with Crippen LogP contribution in [0.15, 0.2) is 12.2 Å². The van der Waals surface area contributed by atoms with Gasteiger partial charge in [-0.3, -0.25) is 9.36 Å². The van der Waals surface area contributed by atoms with Gasteiger partial charge < -0.3 is 28.8 Å². The number of aliphatic hydroxyl groups is 1. The molecule has 0 aliphatic carbocycles. The van der Waals surface area contributed by atoms with Crippen LogP contribution >= 0.6 is 7.82 Å². The largest absolute Gasteiger partial charge is 0.756 e. The van der Waals surface area contributed by atoms with E-state index >= 15 is 0 Å². The molecule has 0 spiro atoms. The summed E-state index contributed by atoms with van der Waals surface area (Å²) in [5.74, 6) is -0.177. The summed E-state index contributed by atoms with van der Waals surface area (Å²) in [6.45, 7) is 4.68. The monoisotopic (exact) mass is 829 g/mol. The topological polar surface area (TPSA) is 108 Å². The molecule has 0 bridgehead atoms. The lowest BCUT2D eigenvalue weighted by molar-refractivity contribution is -0.870. The zero-order chi connectivity index (χ0) is 42.1. The molecule has 0 aliphatic heterocycles. The maximum atomic E-state index is 12.8. The Balaban J connectivity index is 4.11. The molecule has 0 fully saturated rings. The van der Waals surface area contributed by atoms with Gasteiger partial charge in [-0.1, -0.05) is 212 Å². The number of aliphatic hydroxyl groups excluding tert-OH is 1. The molecule has 0 saturated carbocycles. The number of allylic oxidation sites excluding steroid dienone is 2. The molecule has 0 aromatic rings. The molecular weight excluding hydrogens is 732 g/mol. The maximum absolute atomic E-state index is 12.8. The van der Waals surface area contributed by atoms with Crippen molar-refractivity contribution in [3.8, 4) is 0 Å². The van der Waals surface area contributed by atoms with Crippen molar-refractivity contribution in [2.75, 3.05) is 40.9 Å². The summed E-state index contributed by atoms with van der Waals surface area (Å²) in [6.07, 6.45) is 46.7. The van der Waals surface area contributed by atoms with E-state index in [1.165, 1.54) is 154 Å². The minimum absolute atomic E-state index is 0.0119. The minimum Gasteiger partial charge on any atom is -0.756 e. The summed E-state index contributed by atoms with van der Waals surface area (Å²) in [5, 5.41) is 13.9.